The van der Waals surface area contributed by atoms with Crippen LogP contribution in [0.3, 0.4) is 0 Å². The predicted molar refractivity (Wildman–Crippen MR) is 140 cm³/mol. The molecule has 2 aromatic rings. The summed E-state index contributed by atoms with van der Waals surface area (Å²) in [5, 5.41) is 9.76. The second-order valence-corrected chi connectivity index (χ2v) is 10.1. The van der Waals surface area contributed by atoms with Crippen molar-refractivity contribution in [3.05, 3.63) is 64.6 Å². The molecule has 12 heteroatoms. The Hall–Kier alpha value is -2.33. The normalized spacial score (nSPS) is 18.0. The maximum absolute atomic E-state index is 14.3. The van der Waals surface area contributed by atoms with E-state index in [-0.39, 0.29) is 55.1 Å². The molecule has 0 saturated carbocycles. The van der Waals surface area contributed by atoms with Crippen LogP contribution in [-0.2, 0) is 36.7 Å². The number of aryl methyl sites for hydroxylation is 2. The van der Waals surface area contributed by atoms with E-state index in [2.05, 4.69) is 11.1 Å². The number of allylic oxidation sites excluding steroid dienone is 2. The SMILES string of the molecule is CCC(CC)C(=O)/C=C(\O)C(CC)CC.Cc1[c-]c(-c2nccc3c2C(F)(F)C(F)(F)C(F)(F)C3(F)F)cc(C)c1.[Ir]. The summed E-state index contributed by atoms with van der Waals surface area (Å²) in [4.78, 5) is 15.2. The Labute approximate surface area is 254 Å². The first-order valence-corrected chi connectivity index (χ1v) is 13.3. The molecule has 1 N–H and O–H groups in total. The van der Waals surface area contributed by atoms with Crippen molar-refractivity contribution < 1.29 is 65.1 Å². The van der Waals surface area contributed by atoms with E-state index >= 15 is 0 Å². The summed E-state index contributed by atoms with van der Waals surface area (Å²) in [6, 6.07) is 5.56. The van der Waals surface area contributed by atoms with Gasteiger partial charge in [0.15, 0.2) is 5.78 Å². The van der Waals surface area contributed by atoms with Crippen molar-refractivity contribution in [2.75, 3.05) is 0 Å². The fraction of sp³-hybridized carbons (Fsp3) is 0.533. The molecule has 237 valence electrons. The van der Waals surface area contributed by atoms with Gasteiger partial charge in [-0.15, -0.1) is 34.9 Å². The number of alkyl halides is 8. The molecule has 1 aromatic heterocycles. The van der Waals surface area contributed by atoms with Crippen LogP contribution in [0.1, 0.15) is 75.6 Å². The second-order valence-electron chi connectivity index (χ2n) is 10.1. The van der Waals surface area contributed by atoms with Crippen LogP contribution in [0.4, 0.5) is 35.1 Å². The van der Waals surface area contributed by atoms with Crippen molar-refractivity contribution in [3.8, 4) is 11.3 Å². The van der Waals surface area contributed by atoms with Gasteiger partial charge in [-0.1, -0.05) is 41.5 Å². The number of halogens is 8. The summed E-state index contributed by atoms with van der Waals surface area (Å²) >= 11 is 0. The summed E-state index contributed by atoms with van der Waals surface area (Å²) < 4.78 is 112. The number of benzene rings is 1. The molecule has 0 atom stereocenters. The standard InChI is InChI=1S/C17H10F8N.C13H24O2.Ir/c1-8-5-9(2)7-10(6-8)13-12-11(3-4-26-13)14(18,19)16(22,23)17(24,25)15(12,20)21;1-5-10(6-2)12(14)9-13(15)11(7-3)8-4;/h3-6H,1-2H3;9-11,14H,5-8H2,1-4H3;/q-1;;/b;12-9-;. The van der Waals surface area contributed by atoms with Crippen LogP contribution in [0, 0.1) is 31.7 Å². The molecular formula is C30H34F8IrNO2-. The van der Waals surface area contributed by atoms with Crippen molar-refractivity contribution in [3.63, 3.8) is 0 Å². The number of ketones is 1. The molecule has 1 aliphatic carbocycles. The smallest absolute Gasteiger partial charge is 0.382 e. The molecule has 0 fully saturated rings. The van der Waals surface area contributed by atoms with Gasteiger partial charge in [0.25, 0.3) is 0 Å². The van der Waals surface area contributed by atoms with E-state index in [1.54, 1.807) is 13.0 Å². The van der Waals surface area contributed by atoms with Crippen LogP contribution >= 0.6 is 0 Å². The van der Waals surface area contributed by atoms with Gasteiger partial charge in [0.1, 0.15) is 0 Å². The Balaban J connectivity index is 0.000000476. The average Bonchev–Trinajstić information content (AvgIpc) is 2.88. The minimum Gasteiger partial charge on any atom is -0.512 e. The first kappa shape index (κ1) is 37.7. The largest absolute Gasteiger partial charge is 0.512 e. The van der Waals surface area contributed by atoms with Gasteiger partial charge in [0, 0.05) is 55.3 Å². The number of carbonyl (C=O) groups excluding carboxylic acids is 1. The first-order valence-electron chi connectivity index (χ1n) is 13.3. The van der Waals surface area contributed by atoms with Crippen molar-refractivity contribution >= 4 is 5.78 Å². The molecule has 0 amide bonds. The minimum absolute atomic E-state index is 0. The zero-order valence-corrected chi connectivity index (χ0v) is 26.4. The van der Waals surface area contributed by atoms with Crippen LogP contribution in [0.2, 0.25) is 0 Å². The van der Waals surface area contributed by atoms with Crippen LogP contribution in [0.5, 0.6) is 0 Å². The van der Waals surface area contributed by atoms with Gasteiger partial charge >= 0.3 is 23.7 Å². The molecule has 1 heterocycles. The summed E-state index contributed by atoms with van der Waals surface area (Å²) in [5.41, 5.74) is -4.09. The van der Waals surface area contributed by atoms with Crippen molar-refractivity contribution in [1.82, 2.24) is 4.98 Å². The molecule has 0 unspecified atom stereocenters. The van der Waals surface area contributed by atoms with Gasteiger partial charge in [-0.25, -0.2) is 0 Å². The van der Waals surface area contributed by atoms with Crippen molar-refractivity contribution in [1.29, 1.82) is 0 Å². The van der Waals surface area contributed by atoms with Crippen LogP contribution in [0.25, 0.3) is 11.3 Å². The van der Waals surface area contributed by atoms with E-state index < -0.39 is 40.5 Å². The third-order valence-electron chi connectivity index (χ3n) is 7.27. The van der Waals surface area contributed by atoms with E-state index in [1.165, 1.54) is 19.1 Å². The number of hydrogen-bond donors (Lipinski definition) is 1. The molecule has 1 aliphatic rings. The topological polar surface area (TPSA) is 50.2 Å². The first-order chi connectivity index (χ1) is 18.8. The molecule has 0 spiro atoms. The zero-order chi connectivity index (χ0) is 31.6. The van der Waals surface area contributed by atoms with Gasteiger partial charge in [-0.2, -0.15) is 35.1 Å². The summed E-state index contributed by atoms with van der Waals surface area (Å²) in [6.45, 7) is 11.1. The van der Waals surface area contributed by atoms with Gasteiger partial charge in [0.05, 0.1) is 5.76 Å². The number of nitrogens with zero attached hydrogens (tertiary/aromatic N) is 1. The monoisotopic (exact) mass is 785 g/mol. The zero-order valence-electron chi connectivity index (χ0n) is 24.0. The molecule has 1 radical (unpaired) electrons. The number of pyridine rings is 1. The molecular weight excluding hydrogens is 751 g/mol. The van der Waals surface area contributed by atoms with Crippen molar-refractivity contribution in [2.24, 2.45) is 11.8 Å². The van der Waals surface area contributed by atoms with Crippen molar-refractivity contribution in [2.45, 2.75) is 90.9 Å². The fourth-order valence-electron chi connectivity index (χ4n) is 4.77. The number of aliphatic hydroxyl groups excluding tert-OH is 1. The Morgan fingerprint density at radius 2 is 1.38 bits per heavy atom. The number of aliphatic hydroxyl groups is 1. The van der Waals surface area contributed by atoms with Crippen LogP contribution in [0.15, 0.2) is 36.2 Å². The minimum atomic E-state index is -6.31. The Morgan fingerprint density at radius 1 is 0.881 bits per heavy atom. The average molecular weight is 785 g/mol. The number of rotatable bonds is 8. The van der Waals surface area contributed by atoms with Gasteiger partial charge in [-0.3, -0.25) is 4.79 Å². The molecule has 3 nitrogen and oxygen atoms in total. The quantitative estimate of drug-likeness (QED) is 0.126. The van der Waals surface area contributed by atoms with E-state index in [0.717, 1.165) is 25.7 Å². The van der Waals surface area contributed by atoms with Crippen LogP contribution < -0.4 is 0 Å². The van der Waals surface area contributed by atoms with E-state index in [4.69, 9.17) is 0 Å². The third kappa shape index (κ3) is 6.74. The summed E-state index contributed by atoms with van der Waals surface area (Å²) in [5.74, 6) is -23.1. The fourth-order valence-corrected chi connectivity index (χ4v) is 4.77. The van der Waals surface area contributed by atoms with E-state index in [1.807, 2.05) is 27.7 Å². The Bertz CT molecular complexity index is 1250. The van der Waals surface area contributed by atoms with E-state index in [0.29, 0.717) is 17.3 Å². The number of carbonyl (C=O) groups is 1. The Kier molecular flexibility index (Phi) is 12.5. The van der Waals surface area contributed by atoms with Gasteiger partial charge < -0.3 is 10.1 Å². The number of hydrogen-bond acceptors (Lipinski definition) is 3. The Morgan fingerprint density at radius 3 is 1.86 bits per heavy atom. The number of aromatic nitrogens is 1. The predicted octanol–water partition coefficient (Wildman–Crippen LogP) is 9.50. The molecule has 0 aliphatic heterocycles. The summed E-state index contributed by atoms with van der Waals surface area (Å²) in [7, 11) is 0. The molecule has 0 bridgehead atoms. The van der Waals surface area contributed by atoms with Gasteiger partial charge in [0.2, 0.25) is 0 Å². The molecule has 3 rings (SSSR count). The maximum Gasteiger partial charge on any atom is 0.382 e. The molecule has 0 saturated heterocycles. The van der Waals surface area contributed by atoms with E-state index in [9.17, 15) is 45.0 Å². The molecule has 42 heavy (non-hydrogen) atoms. The number of fused-ring (bicyclic) bond motifs is 1. The maximum atomic E-state index is 14.3. The van der Waals surface area contributed by atoms with Gasteiger partial charge in [-0.05, 0) is 37.4 Å². The summed E-state index contributed by atoms with van der Waals surface area (Å²) in [6.07, 6.45) is 5.51. The van der Waals surface area contributed by atoms with Crippen LogP contribution in [-0.4, -0.2) is 27.7 Å². The molecule has 1 aromatic carbocycles. The third-order valence-corrected chi connectivity index (χ3v) is 7.27. The second kappa shape index (κ2) is 14.0.